The number of halogens is 1. The van der Waals surface area contributed by atoms with Gasteiger partial charge in [-0.1, -0.05) is 0 Å². The first-order valence-corrected chi connectivity index (χ1v) is 5.74. The predicted molar refractivity (Wildman–Crippen MR) is 41.3 cm³/mol. The van der Waals surface area contributed by atoms with Crippen molar-refractivity contribution in [2.45, 2.75) is 24.0 Å². The standard InChI is InChI=1S/C5H6ClN3O2S/c6-12(10,11)5-7-3-9(8-5)4-1-2-4/h3-4H,1-2H2. The minimum atomic E-state index is -3.76. The molecule has 2 rings (SSSR count). The summed E-state index contributed by atoms with van der Waals surface area (Å²) in [4.78, 5) is 3.58. The van der Waals surface area contributed by atoms with Gasteiger partial charge in [0, 0.05) is 10.7 Å². The van der Waals surface area contributed by atoms with Crippen molar-refractivity contribution in [2.75, 3.05) is 0 Å². The highest BCUT2D eigenvalue weighted by atomic mass is 35.7. The Morgan fingerprint density at radius 3 is 2.67 bits per heavy atom. The average molecular weight is 208 g/mol. The molecule has 0 atom stereocenters. The van der Waals surface area contributed by atoms with Crippen LogP contribution in [0.2, 0.25) is 0 Å². The highest BCUT2D eigenvalue weighted by Gasteiger charge is 2.26. The lowest BCUT2D eigenvalue weighted by Gasteiger charge is -1.90. The van der Waals surface area contributed by atoms with E-state index < -0.39 is 9.05 Å². The van der Waals surface area contributed by atoms with E-state index in [0.29, 0.717) is 6.04 Å². The van der Waals surface area contributed by atoms with Crippen LogP contribution in [0, 0.1) is 0 Å². The molecule has 1 saturated carbocycles. The summed E-state index contributed by atoms with van der Waals surface area (Å²) >= 11 is 0. The zero-order valence-corrected chi connectivity index (χ0v) is 7.59. The van der Waals surface area contributed by atoms with E-state index >= 15 is 0 Å². The van der Waals surface area contributed by atoms with Crippen LogP contribution in [0.1, 0.15) is 18.9 Å². The van der Waals surface area contributed by atoms with Crippen molar-refractivity contribution in [3.8, 4) is 0 Å². The molecule has 0 aliphatic heterocycles. The minimum Gasteiger partial charge on any atom is -0.249 e. The average Bonchev–Trinajstić information content (AvgIpc) is 2.66. The van der Waals surface area contributed by atoms with Gasteiger partial charge >= 0.3 is 0 Å². The van der Waals surface area contributed by atoms with Crippen molar-refractivity contribution in [2.24, 2.45) is 0 Å². The lowest BCUT2D eigenvalue weighted by Crippen LogP contribution is -1.98. The topological polar surface area (TPSA) is 64.8 Å². The van der Waals surface area contributed by atoms with Crippen LogP contribution in [0.25, 0.3) is 0 Å². The highest BCUT2D eigenvalue weighted by molar-refractivity contribution is 8.13. The van der Waals surface area contributed by atoms with Gasteiger partial charge in [0.2, 0.25) is 0 Å². The molecule has 5 nitrogen and oxygen atoms in total. The number of aromatic nitrogens is 3. The van der Waals surface area contributed by atoms with Gasteiger partial charge in [0.25, 0.3) is 14.2 Å². The summed E-state index contributed by atoms with van der Waals surface area (Å²) in [6, 6.07) is 0.324. The molecule has 1 aliphatic carbocycles. The summed E-state index contributed by atoms with van der Waals surface area (Å²) in [6.07, 6.45) is 3.46. The molecule has 1 fully saturated rings. The zero-order chi connectivity index (χ0) is 8.77. The maximum Gasteiger partial charge on any atom is 0.298 e. The summed E-state index contributed by atoms with van der Waals surface area (Å²) in [7, 11) is 1.27. The van der Waals surface area contributed by atoms with Gasteiger partial charge in [-0.15, -0.1) is 5.10 Å². The first-order valence-electron chi connectivity index (χ1n) is 3.43. The van der Waals surface area contributed by atoms with Gasteiger partial charge < -0.3 is 0 Å². The Bertz CT molecular complexity index is 395. The van der Waals surface area contributed by atoms with Crippen LogP contribution >= 0.6 is 10.7 Å². The van der Waals surface area contributed by atoms with E-state index in [1.807, 2.05) is 0 Å². The molecular weight excluding hydrogens is 202 g/mol. The molecule has 0 saturated heterocycles. The molecule has 66 valence electrons. The normalized spacial score (nSPS) is 18.1. The number of hydrogen-bond donors (Lipinski definition) is 0. The molecule has 1 heterocycles. The molecule has 0 bridgehead atoms. The number of rotatable bonds is 2. The lowest BCUT2D eigenvalue weighted by molar-refractivity contribution is 0.587. The Balaban J connectivity index is 2.35. The molecule has 0 unspecified atom stereocenters. The van der Waals surface area contributed by atoms with Crippen molar-refractivity contribution < 1.29 is 8.42 Å². The van der Waals surface area contributed by atoms with Gasteiger partial charge in [-0.05, 0) is 12.8 Å². The van der Waals surface area contributed by atoms with E-state index in [0.717, 1.165) is 12.8 Å². The van der Waals surface area contributed by atoms with Crippen LogP contribution in [0.3, 0.4) is 0 Å². The van der Waals surface area contributed by atoms with Gasteiger partial charge in [-0.2, -0.15) is 0 Å². The molecular formula is C5H6ClN3O2S. The van der Waals surface area contributed by atoms with Crippen LogP contribution in [-0.2, 0) is 9.05 Å². The Morgan fingerprint density at radius 1 is 1.58 bits per heavy atom. The van der Waals surface area contributed by atoms with Crippen LogP contribution < -0.4 is 0 Å². The van der Waals surface area contributed by atoms with E-state index in [9.17, 15) is 8.42 Å². The molecule has 0 amide bonds. The summed E-state index contributed by atoms with van der Waals surface area (Å²) in [5, 5.41) is 3.42. The van der Waals surface area contributed by atoms with Crippen molar-refractivity contribution >= 4 is 19.7 Å². The Hall–Kier alpha value is -0.620. The van der Waals surface area contributed by atoms with E-state index in [1.165, 1.54) is 11.0 Å². The molecule has 0 aromatic carbocycles. The molecule has 1 aromatic rings. The van der Waals surface area contributed by atoms with E-state index in [4.69, 9.17) is 10.7 Å². The Morgan fingerprint density at radius 2 is 2.25 bits per heavy atom. The molecule has 12 heavy (non-hydrogen) atoms. The van der Waals surface area contributed by atoms with Crippen LogP contribution in [0.4, 0.5) is 0 Å². The van der Waals surface area contributed by atoms with Gasteiger partial charge in [0.1, 0.15) is 6.33 Å². The van der Waals surface area contributed by atoms with Gasteiger partial charge in [0.15, 0.2) is 0 Å². The second-order valence-electron chi connectivity index (χ2n) is 2.68. The first kappa shape index (κ1) is 8.00. The van der Waals surface area contributed by atoms with Gasteiger partial charge in [-0.3, -0.25) is 0 Å². The minimum absolute atomic E-state index is 0.309. The van der Waals surface area contributed by atoms with Gasteiger partial charge in [-0.25, -0.2) is 18.1 Å². The maximum absolute atomic E-state index is 10.7. The van der Waals surface area contributed by atoms with Crippen LogP contribution in [0.15, 0.2) is 11.5 Å². The predicted octanol–water partition coefficient (Wildman–Crippen LogP) is 0.540. The van der Waals surface area contributed by atoms with Crippen LogP contribution in [0.5, 0.6) is 0 Å². The third kappa shape index (κ3) is 1.44. The fourth-order valence-electron chi connectivity index (χ4n) is 0.886. The largest absolute Gasteiger partial charge is 0.298 e. The van der Waals surface area contributed by atoms with Gasteiger partial charge in [0.05, 0.1) is 6.04 Å². The summed E-state index contributed by atoms with van der Waals surface area (Å²) in [6.45, 7) is 0. The summed E-state index contributed by atoms with van der Waals surface area (Å²) in [5.41, 5.74) is 0. The lowest BCUT2D eigenvalue weighted by atomic mass is 10.7. The van der Waals surface area contributed by atoms with Crippen molar-refractivity contribution in [1.82, 2.24) is 14.8 Å². The fraction of sp³-hybridized carbons (Fsp3) is 0.600. The SMILES string of the molecule is O=S(=O)(Cl)c1ncn(C2CC2)n1. The summed E-state index contributed by atoms with van der Waals surface area (Å²) in [5.74, 6) is 0. The smallest absolute Gasteiger partial charge is 0.249 e. The van der Waals surface area contributed by atoms with Crippen LogP contribution in [-0.4, -0.2) is 23.2 Å². The van der Waals surface area contributed by atoms with Crippen molar-refractivity contribution in [3.05, 3.63) is 6.33 Å². The monoisotopic (exact) mass is 207 g/mol. The van der Waals surface area contributed by atoms with Crippen molar-refractivity contribution in [1.29, 1.82) is 0 Å². The second kappa shape index (κ2) is 2.43. The Labute approximate surface area is 73.8 Å². The van der Waals surface area contributed by atoms with E-state index in [2.05, 4.69) is 10.1 Å². The fourth-order valence-corrected chi connectivity index (χ4v) is 1.46. The molecule has 0 radical (unpaired) electrons. The quantitative estimate of drug-likeness (QED) is 0.664. The maximum atomic E-state index is 10.7. The molecule has 0 N–H and O–H groups in total. The first-order chi connectivity index (χ1) is 5.57. The van der Waals surface area contributed by atoms with Crippen molar-refractivity contribution in [3.63, 3.8) is 0 Å². The third-order valence-corrected chi connectivity index (χ3v) is 2.66. The molecule has 1 aromatic heterocycles. The molecule has 0 spiro atoms. The van der Waals surface area contributed by atoms with E-state index in [1.54, 1.807) is 0 Å². The number of hydrogen-bond acceptors (Lipinski definition) is 4. The molecule has 1 aliphatic rings. The van der Waals surface area contributed by atoms with E-state index in [-0.39, 0.29) is 5.16 Å². The molecule has 7 heteroatoms. The Kier molecular flexibility index (Phi) is 1.62. The highest BCUT2D eigenvalue weighted by Crippen LogP contribution is 2.33. The third-order valence-electron chi connectivity index (χ3n) is 1.63. The second-order valence-corrected chi connectivity index (χ2v) is 5.14. The summed E-state index contributed by atoms with van der Waals surface area (Å²) < 4.78 is 23.0. The zero-order valence-electron chi connectivity index (χ0n) is 6.01. The number of nitrogens with zero attached hydrogens (tertiary/aromatic N) is 3.